The number of fused-ring (bicyclic) bond motifs is 5. The van der Waals surface area contributed by atoms with Gasteiger partial charge in [0.05, 0.1) is 5.71 Å². The summed E-state index contributed by atoms with van der Waals surface area (Å²) in [6.07, 6.45) is 17.1. The fourth-order valence-corrected chi connectivity index (χ4v) is 8.67. The fourth-order valence-electron chi connectivity index (χ4n) is 8.67. The van der Waals surface area contributed by atoms with Crippen molar-refractivity contribution in [3.8, 4) is 0 Å². The van der Waals surface area contributed by atoms with E-state index in [1.807, 2.05) is 0 Å². The van der Waals surface area contributed by atoms with Crippen LogP contribution in [0.2, 0.25) is 0 Å². The van der Waals surface area contributed by atoms with Gasteiger partial charge in [-0.1, -0.05) is 64.6 Å². The molecule has 4 rings (SSSR count). The monoisotopic (exact) mass is 399 g/mol. The van der Waals surface area contributed by atoms with E-state index < -0.39 is 0 Å². The van der Waals surface area contributed by atoms with Crippen molar-refractivity contribution in [1.29, 1.82) is 0 Å². The smallest absolute Gasteiger partial charge is 0.0795 e. The van der Waals surface area contributed by atoms with Crippen LogP contribution in [0.15, 0.2) is 16.8 Å². The van der Waals surface area contributed by atoms with Crippen molar-refractivity contribution in [3.05, 3.63) is 11.6 Å². The first-order valence-corrected chi connectivity index (χ1v) is 12.7. The lowest BCUT2D eigenvalue weighted by atomic mass is 9.46. The van der Waals surface area contributed by atoms with E-state index in [0.717, 1.165) is 47.6 Å². The number of rotatable bonds is 5. The lowest BCUT2D eigenvalue weighted by molar-refractivity contribution is -0.0574. The molecule has 0 unspecified atom stereocenters. The highest BCUT2D eigenvalue weighted by molar-refractivity contribution is 5.96. The standard InChI is InChI=1S/C27H45NO/c1-18(2)7-6-8-19(3)23-11-12-24-22-10-9-20-17-21(28-29)13-15-26(20,4)25(22)14-16-27(23,24)5/h17-19,22-25,29H,6-16H2,1-5H3/t19-,22+,23-,24+,25+,26+,27-/m0/s1. The number of nitrogens with zero attached hydrogens (tertiary/aromatic N) is 1. The zero-order valence-electron chi connectivity index (χ0n) is 19.7. The molecule has 0 aliphatic heterocycles. The van der Waals surface area contributed by atoms with Gasteiger partial charge in [0.25, 0.3) is 0 Å². The molecule has 0 saturated heterocycles. The molecule has 0 aromatic rings. The minimum atomic E-state index is 0.361. The third-order valence-corrected chi connectivity index (χ3v) is 10.3. The van der Waals surface area contributed by atoms with Crippen molar-refractivity contribution < 1.29 is 5.21 Å². The fraction of sp³-hybridized carbons (Fsp3) is 0.889. The molecular formula is C27H45NO. The van der Waals surface area contributed by atoms with Crippen molar-refractivity contribution in [2.24, 2.45) is 51.5 Å². The maximum Gasteiger partial charge on any atom is 0.0795 e. The van der Waals surface area contributed by atoms with Crippen LogP contribution in [0.25, 0.3) is 0 Å². The molecule has 0 spiro atoms. The molecule has 4 aliphatic rings. The lowest BCUT2D eigenvalue weighted by Crippen LogP contribution is -2.51. The lowest BCUT2D eigenvalue weighted by Gasteiger charge is -2.58. The largest absolute Gasteiger partial charge is 0.411 e. The van der Waals surface area contributed by atoms with Gasteiger partial charge < -0.3 is 5.21 Å². The van der Waals surface area contributed by atoms with Crippen molar-refractivity contribution in [3.63, 3.8) is 0 Å². The number of allylic oxidation sites excluding steroid dienone is 2. The normalized spacial score (nSPS) is 44.2. The summed E-state index contributed by atoms with van der Waals surface area (Å²) < 4.78 is 0. The van der Waals surface area contributed by atoms with Crippen LogP contribution < -0.4 is 0 Å². The van der Waals surface area contributed by atoms with E-state index in [9.17, 15) is 5.21 Å². The summed E-state index contributed by atoms with van der Waals surface area (Å²) in [5.41, 5.74) is 3.45. The maximum atomic E-state index is 9.27. The van der Waals surface area contributed by atoms with Gasteiger partial charge in [0.2, 0.25) is 0 Å². The van der Waals surface area contributed by atoms with Gasteiger partial charge in [0, 0.05) is 0 Å². The van der Waals surface area contributed by atoms with Crippen molar-refractivity contribution >= 4 is 5.71 Å². The molecule has 2 heteroatoms. The number of hydrogen-bond acceptors (Lipinski definition) is 2. The second-order valence-electron chi connectivity index (χ2n) is 12.1. The third kappa shape index (κ3) is 3.61. The number of hydrogen-bond donors (Lipinski definition) is 1. The molecule has 0 bridgehead atoms. The Morgan fingerprint density at radius 3 is 2.52 bits per heavy atom. The van der Waals surface area contributed by atoms with Gasteiger partial charge in [-0.15, -0.1) is 0 Å². The first-order valence-electron chi connectivity index (χ1n) is 12.7. The van der Waals surface area contributed by atoms with Crippen LogP contribution in [-0.4, -0.2) is 10.9 Å². The zero-order chi connectivity index (χ0) is 20.8. The predicted molar refractivity (Wildman–Crippen MR) is 122 cm³/mol. The molecule has 0 heterocycles. The summed E-state index contributed by atoms with van der Waals surface area (Å²) in [7, 11) is 0. The topological polar surface area (TPSA) is 32.6 Å². The van der Waals surface area contributed by atoms with Crippen LogP contribution in [0.5, 0.6) is 0 Å². The molecule has 0 amide bonds. The Labute approximate surface area is 179 Å². The van der Waals surface area contributed by atoms with Crippen LogP contribution >= 0.6 is 0 Å². The predicted octanol–water partition coefficient (Wildman–Crippen LogP) is 7.86. The van der Waals surface area contributed by atoms with Crippen LogP contribution in [-0.2, 0) is 0 Å². The quantitative estimate of drug-likeness (QED) is 0.370. The van der Waals surface area contributed by atoms with E-state index in [4.69, 9.17) is 0 Å². The zero-order valence-corrected chi connectivity index (χ0v) is 19.7. The molecule has 164 valence electrons. The molecule has 1 N–H and O–H groups in total. The molecule has 29 heavy (non-hydrogen) atoms. The first-order chi connectivity index (χ1) is 13.8. The number of oxime groups is 1. The molecule has 3 fully saturated rings. The highest BCUT2D eigenvalue weighted by atomic mass is 16.4. The van der Waals surface area contributed by atoms with Crippen LogP contribution in [0, 0.1) is 46.3 Å². The van der Waals surface area contributed by atoms with Crippen molar-refractivity contribution in [2.45, 2.75) is 105 Å². The maximum absolute atomic E-state index is 9.27. The Morgan fingerprint density at radius 1 is 1.00 bits per heavy atom. The van der Waals surface area contributed by atoms with E-state index in [-0.39, 0.29) is 0 Å². The summed E-state index contributed by atoms with van der Waals surface area (Å²) in [4.78, 5) is 0. The summed E-state index contributed by atoms with van der Waals surface area (Å²) in [6.45, 7) is 12.5. The van der Waals surface area contributed by atoms with Gasteiger partial charge in [-0.25, -0.2) is 0 Å². The van der Waals surface area contributed by atoms with Gasteiger partial charge in [0.1, 0.15) is 0 Å². The molecule has 0 aromatic heterocycles. The minimum absolute atomic E-state index is 0.361. The SMILES string of the molecule is CC(C)CCC[C@H](C)[C@@H]1CC[C@@H]2[C@H]3CCC4=CC(=NO)CC[C@@]4(C)[C@@H]3CC[C@]21C. The Balaban J connectivity index is 1.49. The van der Waals surface area contributed by atoms with Gasteiger partial charge in [-0.3, -0.25) is 0 Å². The minimum Gasteiger partial charge on any atom is -0.411 e. The van der Waals surface area contributed by atoms with E-state index in [1.54, 1.807) is 5.57 Å². The Bertz CT molecular complexity index is 663. The summed E-state index contributed by atoms with van der Waals surface area (Å²) in [5.74, 6) is 5.43. The average molecular weight is 400 g/mol. The van der Waals surface area contributed by atoms with E-state index in [1.165, 1.54) is 64.2 Å². The molecule has 4 aliphatic carbocycles. The summed E-state index contributed by atoms with van der Waals surface area (Å²) in [6, 6.07) is 0. The van der Waals surface area contributed by atoms with Gasteiger partial charge in [-0.2, -0.15) is 0 Å². The van der Waals surface area contributed by atoms with E-state index in [0.29, 0.717) is 10.8 Å². The molecule has 7 atom stereocenters. The third-order valence-electron chi connectivity index (χ3n) is 10.3. The Hall–Kier alpha value is -0.790. The highest BCUT2D eigenvalue weighted by Gasteiger charge is 2.59. The molecule has 3 saturated carbocycles. The molecule has 0 radical (unpaired) electrons. The summed E-state index contributed by atoms with van der Waals surface area (Å²) in [5, 5.41) is 12.8. The van der Waals surface area contributed by atoms with Gasteiger partial charge in [-0.05, 0) is 104 Å². The molecule has 0 aromatic carbocycles. The van der Waals surface area contributed by atoms with Gasteiger partial charge >= 0.3 is 0 Å². The summed E-state index contributed by atoms with van der Waals surface area (Å²) >= 11 is 0. The Morgan fingerprint density at radius 2 is 1.79 bits per heavy atom. The van der Waals surface area contributed by atoms with Crippen LogP contribution in [0.4, 0.5) is 0 Å². The van der Waals surface area contributed by atoms with Gasteiger partial charge in [0.15, 0.2) is 0 Å². The second kappa shape index (κ2) is 8.04. The average Bonchev–Trinajstić information content (AvgIpc) is 3.04. The molecular weight excluding hydrogens is 354 g/mol. The van der Waals surface area contributed by atoms with Crippen molar-refractivity contribution in [1.82, 2.24) is 0 Å². The van der Waals surface area contributed by atoms with Crippen molar-refractivity contribution in [2.75, 3.05) is 0 Å². The first kappa shape index (κ1) is 21.4. The molecule has 2 nitrogen and oxygen atoms in total. The second-order valence-corrected chi connectivity index (χ2v) is 12.1. The van der Waals surface area contributed by atoms with Crippen LogP contribution in [0.1, 0.15) is 105 Å². The highest BCUT2D eigenvalue weighted by Crippen LogP contribution is 2.67. The van der Waals surface area contributed by atoms with E-state index in [2.05, 4.69) is 45.9 Å². The van der Waals surface area contributed by atoms with E-state index >= 15 is 0 Å². The van der Waals surface area contributed by atoms with Crippen LogP contribution in [0.3, 0.4) is 0 Å². The Kier molecular flexibility index (Phi) is 5.95.